The largest absolute Gasteiger partial charge is 0.337 e. The average molecular weight is 361 g/mol. The molecule has 138 valence electrons. The summed E-state index contributed by atoms with van der Waals surface area (Å²) in [6.07, 6.45) is 6.61. The van der Waals surface area contributed by atoms with Crippen molar-refractivity contribution in [2.24, 2.45) is 5.92 Å². The Hall–Kier alpha value is -3.02. The molecule has 1 aliphatic rings. The number of pyridine rings is 1. The maximum atomic E-state index is 12.7. The Bertz CT molecular complexity index is 870. The van der Waals surface area contributed by atoms with Gasteiger partial charge in [-0.2, -0.15) is 0 Å². The number of benzene rings is 1. The minimum Gasteiger partial charge on any atom is -0.337 e. The highest BCUT2D eigenvalue weighted by Gasteiger charge is 2.25. The van der Waals surface area contributed by atoms with E-state index in [1.807, 2.05) is 29.2 Å². The number of carbonyl (C=O) groups is 1. The third-order valence-corrected chi connectivity index (χ3v) is 5.08. The molecule has 3 aromatic rings. The minimum atomic E-state index is -0.0274. The molecule has 1 amide bonds. The van der Waals surface area contributed by atoms with Crippen molar-refractivity contribution in [1.29, 1.82) is 0 Å². The van der Waals surface area contributed by atoms with Crippen LogP contribution in [-0.2, 0) is 13.0 Å². The van der Waals surface area contributed by atoms with Crippen molar-refractivity contribution in [3.05, 3.63) is 77.9 Å². The third kappa shape index (κ3) is 4.39. The van der Waals surface area contributed by atoms with Crippen LogP contribution in [0.25, 0.3) is 0 Å². The zero-order valence-corrected chi connectivity index (χ0v) is 15.2. The molecule has 6 heteroatoms. The SMILES string of the molecule is O=C(c1cn(Cc2ccccn2)nn1)N1CCC(Cc2ccccc2)CC1. The summed E-state index contributed by atoms with van der Waals surface area (Å²) in [5.74, 6) is 0.608. The zero-order valence-electron chi connectivity index (χ0n) is 15.2. The van der Waals surface area contributed by atoms with E-state index in [1.54, 1.807) is 17.1 Å². The van der Waals surface area contributed by atoms with Gasteiger partial charge in [-0.3, -0.25) is 9.78 Å². The second-order valence-electron chi connectivity index (χ2n) is 7.05. The van der Waals surface area contributed by atoms with E-state index in [0.717, 1.165) is 38.0 Å². The summed E-state index contributed by atoms with van der Waals surface area (Å²) in [6.45, 7) is 2.08. The highest BCUT2D eigenvalue weighted by molar-refractivity contribution is 5.92. The van der Waals surface area contributed by atoms with E-state index in [2.05, 4.69) is 39.6 Å². The van der Waals surface area contributed by atoms with Gasteiger partial charge in [0.2, 0.25) is 0 Å². The predicted molar refractivity (Wildman–Crippen MR) is 102 cm³/mol. The molecule has 0 aliphatic carbocycles. The van der Waals surface area contributed by atoms with Crippen LogP contribution in [0.1, 0.15) is 34.6 Å². The van der Waals surface area contributed by atoms with E-state index in [0.29, 0.717) is 18.2 Å². The number of carbonyl (C=O) groups excluding carboxylic acids is 1. The second-order valence-corrected chi connectivity index (χ2v) is 7.05. The Morgan fingerprint density at radius 2 is 1.81 bits per heavy atom. The first kappa shape index (κ1) is 17.4. The van der Waals surface area contributed by atoms with E-state index in [9.17, 15) is 4.79 Å². The topological polar surface area (TPSA) is 63.9 Å². The smallest absolute Gasteiger partial charge is 0.276 e. The van der Waals surface area contributed by atoms with Crippen molar-refractivity contribution in [3.63, 3.8) is 0 Å². The minimum absolute atomic E-state index is 0.0274. The Labute approximate surface area is 158 Å². The van der Waals surface area contributed by atoms with Crippen LogP contribution in [0, 0.1) is 5.92 Å². The molecule has 0 radical (unpaired) electrons. The standard InChI is InChI=1S/C21H23N5O/c27-21(20-16-26(24-23-20)15-19-8-4-5-11-22-19)25-12-9-18(10-13-25)14-17-6-2-1-3-7-17/h1-8,11,16,18H,9-10,12-15H2. The summed E-state index contributed by atoms with van der Waals surface area (Å²) in [7, 11) is 0. The fourth-order valence-corrected chi connectivity index (χ4v) is 3.58. The van der Waals surface area contributed by atoms with E-state index in [-0.39, 0.29) is 5.91 Å². The monoisotopic (exact) mass is 361 g/mol. The molecule has 1 aliphatic heterocycles. The van der Waals surface area contributed by atoms with Gasteiger partial charge in [-0.1, -0.05) is 41.6 Å². The molecular weight excluding hydrogens is 338 g/mol. The number of hydrogen-bond donors (Lipinski definition) is 0. The van der Waals surface area contributed by atoms with Crippen LogP contribution < -0.4 is 0 Å². The van der Waals surface area contributed by atoms with Crippen LogP contribution in [-0.4, -0.2) is 43.9 Å². The molecule has 0 unspecified atom stereocenters. The zero-order chi connectivity index (χ0) is 18.5. The highest BCUT2D eigenvalue weighted by Crippen LogP contribution is 2.22. The molecular formula is C21H23N5O. The van der Waals surface area contributed by atoms with Gasteiger partial charge in [-0.15, -0.1) is 5.10 Å². The lowest BCUT2D eigenvalue weighted by Crippen LogP contribution is -2.39. The van der Waals surface area contributed by atoms with E-state index >= 15 is 0 Å². The fraction of sp³-hybridized carbons (Fsp3) is 0.333. The van der Waals surface area contributed by atoms with Crippen molar-refractivity contribution in [2.45, 2.75) is 25.8 Å². The first-order chi connectivity index (χ1) is 13.3. The van der Waals surface area contributed by atoms with Crippen molar-refractivity contribution in [1.82, 2.24) is 24.9 Å². The fourth-order valence-electron chi connectivity index (χ4n) is 3.58. The molecule has 0 spiro atoms. The number of hydrogen-bond acceptors (Lipinski definition) is 4. The first-order valence-corrected chi connectivity index (χ1v) is 9.41. The van der Waals surface area contributed by atoms with Crippen molar-refractivity contribution < 1.29 is 4.79 Å². The van der Waals surface area contributed by atoms with Crippen molar-refractivity contribution in [2.75, 3.05) is 13.1 Å². The summed E-state index contributed by atoms with van der Waals surface area (Å²) in [4.78, 5) is 18.9. The molecule has 1 fully saturated rings. The van der Waals surface area contributed by atoms with Gasteiger partial charge >= 0.3 is 0 Å². The van der Waals surface area contributed by atoms with Gasteiger partial charge in [-0.05, 0) is 42.9 Å². The van der Waals surface area contributed by atoms with Crippen LogP contribution in [0.3, 0.4) is 0 Å². The molecule has 6 nitrogen and oxygen atoms in total. The van der Waals surface area contributed by atoms with Crippen LogP contribution in [0.2, 0.25) is 0 Å². The predicted octanol–water partition coefficient (Wildman–Crippen LogP) is 2.82. The van der Waals surface area contributed by atoms with Gasteiger partial charge < -0.3 is 4.90 Å². The molecule has 2 aromatic heterocycles. The van der Waals surface area contributed by atoms with Gasteiger partial charge in [0.05, 0.1) is 18.4 Å². The average Bonchev–Trinajstić information content (AvgIpc) is 3.18. The summed E-state index contributed by atoms with van der Waals surface area (Å²) in [5, 5.41) is 8.15. The number of piperidine rings is 1. The molecule has 4 rings (SSSR count). The molecule has 3 heterocycles. The summed E-state index contributed by atoms with van der Waals surface area (Å²) < 4.78 is 1.66. The van der Waals surface area contributed by atoms with Gasteiger partial charge in [-0.25, -0.2) is 4.68 Å². The Morgan fingerprint density at radius 1 is 1.04 bits per heavy atom. The van der Waals surface area contributed by atoms with Gasteiger partial charge in [0.1, 0.15) is 0 Å². The lowest BCUT2D eigenvalue weighted by atomic mass is 9.90. The highest BCUT2D eigenvalue weighted by atomic mass is 16.2. The molecule has 1 aromatic carbocycles. The normalized spacial score (nSPS) is 15.0. The number of nitrogens with zero attached hydrogens (tertiary/aromatic N) is 5. The number of aromatic nitrogens is 4. The Balaban J connectivity index is 1.32. The van der Waals surface area contributed by atoms with Crippen molar-refractivity contribution >= 4 is 5.91 Å². The lowest BCUT2D eigenvalue weighted by molar-refractivity contribution is 0.0684. The summed E-state index contributed by atoms with van der Waals surface area (Å²) in [5.41, 5.74) is 2.68. The van der Waals surface area contributed by atoms with Crippen LogP contribution in [0.4, 0.5) is 0 Å². The van der Waals surface area contributed by atoms with Gasteiger partial charge in [0, 0.05) is 19.3 Å². The molecule has 27 heavy (non-hydrogen) atoms. The van der Waals surface area contributed by atoms with Crippen LogP contribution in [0.15, 0.2) is 60.9 Å². The number of likely N-dealkylation sites (tertiary alicyclic amines) is 1. The third-order valence-electron chi connectivity index (χ3n) is 5.08. The quantitative estimate of drug-likeness (QED) is 0.701. The van der Waals surface area contributed by atoms with Crippen molar-refractivity contribution in [3.8, 4) is 0 Å². The maximum Gasteiger partial charge on any atom is 0.276 e. The molecule has 1 saturated heterocycles. The van der Waals surface area contributed by atoms with E-state index < -0.39 is 0 Å². The Morgan fingerprint density at radius 3 is 2.56 bits per heavy atom. The summed E-state index contributed by atoms with van der Waals surface area (Å²) in [6, 6.07) is 16.3. The first-order valence-electron chi connectivity index (χ1n) is 9.41. The van der Waals surface area contributed by atoms with Crippen LogP contribution >= 0.6 is 0 Å². The van der Waals surface area contributed by atoms with E-state index in [1.165, 1.54) is 5.56 Å². The Kier molecular flexibility index (Phi) is 5.23. The summed E-state index contributed by atoms with van der Waals surface area (Å²) >= 11 is 0. The molecule has 0 bridgehead atoms. The number of amides is 1. The van der Waals surface area contributed by atoms with E-state index in [4.69, 9.17) is 0 Å². The molecule has 0 atom stereocenters. The molecule has 0 N–H and O–H groups in total. The number of rotatable bonds is 5. The second kappa shape index (κ2) is 8.12. The molecule has 0 saturated carbocycles. The van der Waals surface area contributed by atoms with Gasteiger partial charge in [0.15, 0.2) is 5.69 Å². The van der Waals surface area contributed by atoms with Crippen LogP contribution in [0.5, 0.6) is 0 Å². The maximum absolute atomic E-state index is 12.7. The lowest BCUT2D eigenvalue weighted by Gasteiger charge is -2.31. The van der Waals surface area contributed by atoms with Gasteiger partial charge in [0.25, 0.3) is 5.91 Å².